The van der Waals surface area contributed by atoms with E-state index in [-0.39, 0.29) is 18.1 Å². The average molecular weight is 383 g/mol. The largest absolute Gasteiger partial charge is 0.455 e. The Morgan fingerprint density at radius 1 is 1.36 bits per heavy atom. The predicted molar refractivity (Wildman–Crippen MR) is 100 cm³/mol. The van der Waals surface area contributed by atoms with Crippen LogP contribution in [-0.4, -0.2) is 52.7 Å². The van der Waals surface area contributed by atoms with Gasteiger partial charge in [-0.05, 0) is 26.3 Å². The molecule has 2 rings (SSSR count). The maximum atomic E-state index is 12.2. The van der Waals surface area contributed by atoms with Crippen molar-refractivity contribution >= 4 is 45.2 Å². The predicted octanol–water partition coefficient (Wildman–Crippen LogP) is 1.85. The molecule has 2 aromatic heterocycles. The van der Waals surface area contributed by atoms with Crippen LogP contribution in [0.2, 0.25) is 0 Å². The van der Waals surface area contributed by atoms with Gasteiger partial charge in [-0.2, -0.15) is 0 Å². The zero-order valence-electron chi connectivity index (χ0n) is 14.8. The molecule has 0 saturated heterocycles. The Hall–Kier alpha value is -1.87. The van der Waals surface area contributed by atoms with Gasteiger partial charge < -0.3 is 14.6 Å². The van der Waals surface area contributed by atoms with Gasteiger partial charge in [0.25, 0.3) is 11.5 Å². The van der Waals surface area contributed by atoms with Crippen molar-refractivity contribution in [1.29, 1.82) is 0 Å². The smallest absolute Gasteiger partial charge is 0.319 e. The summed E-state index contributed by atoms with van der Waals surface area (Å²) < 4.78 is 4.99. The molecule has 1 atom stereocenters. The maximum Gasteiger partial charge on any atom is 0.319 e. The van der Waals surface area contributed by atoms with Crippen molar-refractivity contribution in [3.63, 3.8) is 0 Å². The molecular weight excluding hydrogens is 362 g/mol. The van der Waals surface area contributed by atoms with E-state index in [9.17, 15) is 14.4 Å². The van der Waals surface area contributed by atoms with Crippen molar-refractivity contribution in [1.82, 2.24) is 14.9 Å². The lowest BCUT2D eigenvalue weighted by Crippen LogP contribution is -2.29. The second-order valence-electron chi connectivity index (χ2n) is 5.83. The third kappa shape index (κ3) is 4.60. The van der Waals surface area contributed by atoms with Gasteiger partial charge >= 0.3 is 5.97 Å². The third-order valence-corrected chi connectivity index (χ3v) is 5.96. The van der Waals surface area contributed by atoms with Gasteiger partial charge in [0.1, 0.15) is 15.9 Å². The van der Waals surface area contributed by atoms with Crippen LogP contribution in [0.3, 0.4) is 0 Å². The first-order valence-electron chi connectivity index (χ1n) is 7.68. The molecule has 2 aromatic rings. The number of likely N-dealkylation sites (N-methyl/N-ethyl adjacent to an activating group) is 1. The molecule has 0 fully saturated rings. The number of aromatic amines is 1. The standard InChI is InChI=1S/C16H21N3O4S2/c1-8-9(2)25-15-13(8)14(21)17-11(18-15)7-24-10(3)16(22)23-6-12(20)19(4)5/h10H,6-7H2,1-5H3,(H,17,18,21)/t10-/m1/s1. The normalized spacial score (nSPS) is 12.2. The Bertz CT molecular complexity index is 857. The highest BCUT2D eigenvalue weighted by Crippen LogP contribution is 2.26. The second-order valence-corrected chi connectivity index (χ2v) is 8.36. The average Bonchev–Trinajstić information content (AvgIpc) is 2.84. The minimum atomic E-state index is -0.470. The van der Waals surface area contributed by atoms with E-state index < -0.39 is 11.2 Å². The van der Waals surface area contributed by atoms with Crippen LogP contribution in [0.15, 0.2) is 4.79 Å². The number of thioether (sulfide) groups is 1. The number of hydrogen-bond donors (Lipinski definition) is 1. The minimum Gasteiger partial charge on any atom is -0.455 e. The summed E-state index contributed by atoms with van der Waals surface area (Å²) in [5.74, 6) is 0.156. The molecule has 1 amide bonds. The van der Waals surface area contributed by atoms with E-state index in [1.54, 1.807) is 21.0 Å². The third-order valence-electron chi connectivity index (χ3n) is 3.73. The van der Waals surface area contributed by atoms with Crippen molar-refractivity contribution in [2.75, 3.05) is 20.7 Å². The van der Waals surface area contributed by atoms with Crippen LogP contribution >= 0.6 is 23.1 Å². The van der Waals surface area contributed by atoms with Crippen LogP contribution in [0.1, 0.15) is 23.2 Å². The topological polar surface area (TPSA) is 92.4 Å². The summed E-state index contributed by atoms with van der Waals surface area (Å²) in [5.41, 5.74) is 0.796. The number of thiophene rings is 1. The number of carbonyl (C=O) groups excluding carboxylic acids is 2. The molecule has 0 aromatic carbocycles. The Kier molecular flexibility index (Phi) is 6.23. The highest BCUT2D eigenvalue weighted by molar-refractivity contribution is 7.99. The quantitative estimate of drug-likeness (QED) is 0.766. The Morgan fingerprint density at radius 2 is 2.04 bits per heavy atom. The monoisotopic (exact) mass is 383 g/mol. The first kappa shape index (κ1) is 19.5. The summed E-state index contributed by atoms with van der Waals surface area (Å²) in [6.45, 7) is 5.30. The Balaban J connectivity index is 1.99. The highest BCUT2D eigenvalue weighted by atomic mass is 32.2. The lowest BCUT2D eigenvalue weighted by Gasteiger charge is -2.13. The summed E-state index contributed by atoms with van der Waals surface area (Å²) >= 11 is 2.79. The molecular formula is C16H21N3O4S2. The van der Waals surface area contributed by atoms with Gasteiger partial charge in [-0.25, -0.2) is 4.98 Å². The first-order valence-corrected chi connectivity index (χ1v) is 9.54. The number of fused-ring (bicyclic) bond motifs is 1. The number of aromatic nitrogens is 2. The number of hydrogen-bond acceptors (Lipinski definition) is 7. The van der Waals surface area contributed by atoms with Crippen molar-refractivity contribution < 1.29 is 14.3 Å². The zero-order chi connectivity index (χ0) is 18.7. The van der Waals surface area contributed by atoms with Crippen molar-refractivity contribution in [3.8, 4) is 0 Å². The molecule has 0 aliphatic carbocycles. The van der Waals surface area contributed by atoms with Crippen LogP contribution < -0.4 is 5.56 Å². The minimum absolute atomic E-state index is 0.158. The number of ether oxygens (including phenoxy) is 1. The Morgan fingerprint density at radius 3 is 2.68 bits per heavy atom. The van der Waals surface area contributed by atoms with E-state index in [2.05, 4.69) is 9.97 Å². The molecule has 0 bridgehead atoms. The molecule has 0 unspecified atom stereocenters. The molecule has 0 aliphatic rings. The lowest BCUT2D eigenvalue weighted by atomic mass is 10.2. The van der Waals surface area contributed by atoms with E-state index >= 15 is 0 Å². The van der Waals surface area contributed by atoms with Gasteiger partial charge in [0, 0.05) is 19.0 Å². The van der Waals surface area contributed by atoms with E-state index in [1.165, 1.54) is 28.0 Å². The fourth-order valence-electron chi connectivity index (χ4n) is 2.02. The van der Waals surface area contributed by atoms with Crippen LogP contribution in [0, 0.1) is 13.8 Å². The lowest BCUT2D eigenvalue weighted by molar-refractivity contribution is -0.150. The van der Waals surface area contributed by atoms with Gasteiger partial charge in [-0.3, -0.25) is 14.4 Å². The molecule has 2 heterocycles. The molecule has 0 aliphatic heterocycles. The van der Waals surface area contributed by atoms with Crippen molar-refractivity contribution in [3.05, 3.63) is 26.6 Å². The number of esters is 1. The van der Waals surface area contributed by atoms with E-state index in [0.29, 0.717) is 21.8 Å². The summed E-state index contributed by atoms with van der Waals surface area (Å²) in [7, 11) is 3.20. The van der Waals surface area contributed by atoms with Gasteiger partial charge in [0.15, 0.2) is 6.61 Å². The summed E-state index contributed by atoms with van der Waals surface area (Å²) in [4.78, 5) is 46.0. The molecule has 0 radical (unpaired) electrons. The van der Waals surface area contributed by atoms with Crippen molar-refractivity contribution in [2.24, 2.45) is 0 Å². The Labute approximate surface area is 153 Å². The van der Waals surface area contributed by atoms with E-state index in [0.717, 1.165) is 10.4 Å². The fourth-order valence-corrected chi connectivity index (χ4v) is 3.82. The van der Waals surface area contributed by atoms with E-state index in [1.807, 2.05) is 13.8 Å². The summed E-state index contributed by atoms with van der Waals surface area (Å²) in [6, 6.07) is 0. The number of nitrogens with zero attached hydrogens (tertiary/aromatic N) is 2. The number of amides is 1. The zero-order valence-corrected chi connectivity index (χ0v) is 16.5. The van der Waals surface area contributed by atoms with E-state index in [4.69, 9.17) is 4.74 Å². The number of H-pyrrole nitrogens is 1. The number of rotatable bonds is 6. The number of nitrogens with one attached hydrogen (secondary N) is 1. The molecule has 9 heteroatoms. The fraction of sp³-hybridized carbons (Fsp3) is 0.500. The van der Waals surface area contributed by atoms with Crippen LogP contribution in [0.25, 0.3) is 10.2 Å². The molecule has 0 saturated carbocycles. The molecule has 0 spiro atoms. The first-order chi connectivity index (χ1) is 11.7. The SMILES string of the molecule is Cc1sc2nc(CS[C@H](C)C(=O)OCC(=O)N(C)C)[nH]c(=O)c2c1C. The maximum absolute atomic E-state index is 12.2. The number of carbonyl (C=O) groups is 2. The summed E-state index contributed by atoms with van der Waals surface area (Å²) in [5, 5.41) is 0.161. The van der Waals surface area contributed by atoms with Crippen LogP contribution in [-0.2, 0) is 20.1 Å². The molecule has 136 valence electrons. The molecule has 1 N–H and O–H groups in total. The highest BCUT2D eigenvalue weighted by Gasteiger charge is 2.18. The van der Waals surface area contributed by atoms with Gasteiger partial charge in [-0.1, -0.05) is 0 Å². The van der Waals surface area contributed by atoms with Gasteiger partial charge in [0.2, 0.25) is 0 Å². The van der Waals surface area contributed by atoms with Crippen LogP contribution in [0.4, 0.5) is 0 Å². The number of aryl methyl sites for hydroxylation is 2. The van der Waals surface area contributed by atoms with Gasteiger partial charge in [-0.15, -0.1) is 23.1 Å². The molecule has 7 nitrogen and oxygen atoms in total. The van der Waals surface area contributed by atoms with Gasteiger partial charge in [0.05, 0.1) is 11.1 Å². The second kappa shape index (κ2) is 8.01. The van der Waals surface area contributed by atoms with Crippen LogP contribution in [0.5, 0.6) is 0 Å². The summed E-state index contributed by atoms with van der Waals surface area (Å²) in [6.07, 6.45) is 0. The molecule has 25 heavy (non-hydrogen) atoms. The van der Waals surface area contributed by atoms with Crippen molar-refractivity contribution in [2.45, 2.75) is 31.8 Å².